The third-order valence-corrected chi connectivity index (χ3v) is 4.98. The number of methoxy groups -OCH3 is 3. The normalized spacial score (nSPS) is 14.6. The van der Waals surface area contributed by atoms with Crippen LogP contribution in [0.2, 0.25) is 0 Å². The van der Waals surface area contributed by atoms with Gasteiger partial charge in [0.25, 0.3) is 5.91 Å². The van der Waals surface area contributed by atoms with Gasteiger partial charge in [0.2, 0.25) is 0 Å². The van der Waals surface area contributed by atoms with Gasteiger partial charge < -0.3 is 14.2 Å². The quantitative estimate of drug-likeness (QED) is 0.404. The summed E-state index contributed by atoms with van der Waals surface area (Å²) < 4.78 is 14.3. The van der Waals surface area contributed by atoms with Crippen molar-refractivity contribution in [1.29, 1.82) is 0 Å². The first-order valence-corrected chi connectivity index (χ1v) is 9.54. The fourth-order valence-corrected chi connectivity index (χ4v) is 3.36. The molecule has 1 aliphatic heterocycles. The smallest absolute Gasteiger partial charge is 0.340 e. The number of hydrogen-bond donors (Lipinski definition) is 0. The van der Waals surface area contributed by atoms with Crippen LogP contribution in [-0.2, 0) is 23.8 Å². The molecule has 32 heavy (non-hydrogen) atoms. The van der Waals surface area contributed by atoms with Crippen LogP contribution in [0.25, 0.3) is 6.08 Å². The van der Waals surface area contributed by atoms with Gasteiger partial charge in [0.05, 0.1) is 43.6 Å². The van der Waals surface area contributed by atoms with Gasteiger partial charge in [-0.3, -0.25) is 9.69 Å². The standard InChI is InChI=1S/C24H21NO7/c1-14-20(24(29)32-4)19(13-15-5-7-16(8-6-15)22(27)30-2)21(26)25(14)18-11-9-17(10-12-18)23(28)31-3/h5-13H,1-4H3/b19-13-. The Morgan fingerprint density at radius 1 is 0.750 bits per heavy atom. The van der Waals surface area contributed by atoms with Crippen molar-refractivity contribution in [2.45, 2.75) is 6.92 Å². The Kier molecular flexibility index (Phi) is 6.53. The molecule has 0 N–H and O–H groups in total. The molecule has 0 aromatic heterocycles. The number of carbonyl (C=O) groups is 4. The molecule has 1 aliphatic rings. The number of hydrogen-bond acceptors (Lipinski definition) is 7. The second-order valence-electron chi connectivity index (χ2n) is 6.80. The van der Waals surface area contributed by atoms with Gasteiger partial charge in [-0.25, -0.2) is 14.4 Å². The molecular formula is C24H21NO7. The number of carbonyl (C=O) groups excluding carboxylic acids is 4. The van der Waals surface area contributed by atoms with Gasteiger partial charge >= 0.3 is 17.9 Å². The first-order chi connectivity index (χ1) is 15.3. The van der Waals surface area contributed by atoms with E-state index in [4.69, 9.17) is 9.47 Å². The molecule has 0 atom stereocenters. The lowest BCUT2D eigenvalue weighted by Crippen LogP contribution is -2.24. The number of nitrogens with zero attached hydrogens (tertiary/aromatic N) is 1. The van der Waals surface area contributed by atoms with Crippen LogP contribution in [0.15, 0.2) is 65.4 Å². The zero-order chi connectivity index (χ0) is 23.4. The lowest BCUT2D eigenvalue weighted by atomic mass is 10.0. The van der Waals surface area contributed by atoms with E-state index in [0.717, 1.165) is 0 Å². The Morgan fingerprint density at radius 3 is 1.69 bits per heavy atom. The lowest BCUT2D eigenvalue weighted by molar-refractivity contribution is -0.136. The molecule has 3 rings (SSSR count). The number of amides is 1. The van der Waals surface area contributed by atoms with Crippen LogP contribution in [0.1, 0.15) is 33.2 Å². The molecular weight excluding hydrogens is 414 g/mol. The van der Waals surface area contributed by atoms with Gasteiger partial charge in [0, 0.05) is 11.4 Å². The zero-order valence-electron chi connectivity index (χ0n) is 18.0. The molecule has 2 aromatic rings. The van der Waals surface area contributed by atoms with Gasteiger partial charge in [0.15, 0.2) is 0 Å². The summed E-state index contributed by atoms with van der Waals surface area (Å²) in [6.45, 7) is 1.64. The van der Waals surface area contributed by atoms with E-state index in [9.17, 15) is 19.2 Å². The summed E-state index contributed by atoms with van der Waals surface area (Å²) in [5.41, 5.74) is 2.46. The number of ether oxygens (including phenoxy) is 3. The van der Waals surface area contributed by atoms with E-state index in [0.29, 0.717) is 28.1 Å². The van der Waals surface area contributed by atoms with Gasteiger partial charge in [0.1, 0.15) is 0 Å². The predicted molar refractivity (Wildman–Crippen MR) is 116 cm³/mol. The molecule has 8 nitrogen and oxygen atoms in total. The minimum Gasteiger partial charge on any atom is -0.465 e. The fraction of sp³-hybridized carbons (Fsp3) is 0.167. The van der Waals surface area contributed by atoms with Crippen LogP contribution >= 0.6 is 0 Å². The van der Waals surface area contributed by atoms with Crippen molar-refractivity contribution in [1.82, 2.24) is 0 Å². The lowest BCUT2D eigenvalue weighted by Gasteiger charge is -2.18. The second kappa shape index (κ2) is 9.30. The molecule has 0 radical (unpaired) electrons. The molecule has 0 spiro atoms. The highest BCUT2D eigenvalue weighted by Crippen LogP contribution is 2.35. The van der Waals surface area contributed by atoms with Crippen molar-refractivity contribution in [3.05, 3.63) is 82.1 Å². The van der Waals surface area contributed by atoms with E-state index >= 15 is 0 Å². The molecule has 0 bridgehead atoms. The Hall–Kier alpha value is -4.20. The van der Waals surface area contributed by atoms with Crippen LogP contribution in [0.5, 0.6) is 0 Å². The Labute approximate surface area is 184 Å². The third kappa shape index (κ3) is 4.15. The fourth-order valence-electron chi connectivity index (χ4n) is 3.36. The van der Waals surface area contributed by atoms with Crippen LogP contribution in [-0.4, -0.2) is 45.1 Å². The highest BCUT2D eigenvalue weighted by Gasteiger charge is 2.37. The van der Waals surface area contributed by atoms with Crippen LogP contribution in [0.4, 0.5) is 5.69 Å². The first-order valence-electron chi connectivity index (χ1n) is 9.54. The van der Waals surface area contributed by atoms with Crippen molar-refractivity contribution in [2.75, 3.05) is 26.2 Å². The van der Waals surface area contributed by atoms with Crippen molar-refractivity contribution in [3.63, 3.8) is 0 Å². The summed E-state index contributed by atoms with van der Waals surface area (Å²) in [7, 11) is 3.81. The predicted octanol–water partition coefficient (Wildman–Crippen LogP) is 3.14. The first kappa shape index (κ1) is 22.5. The molecule has 1 amide bonds. The average Bonchev–Trinajstić information content (AvgIpc) is 3.07. The van der Waals surface area contributed by atoms with Crippen LogP contribution in [0.3, 0.4) is 0 Å². The number of esters is 3. The number of benzene rings is 2. The van der Waals surface area contributed by atoms with Gasteiger partial charge in [-0.05, 0) is 55.0 Å². The highest BCUT2D eigenvalue weighted by molar-refractivity contribution is 6.23. The molecule has 1 heterocycles. The molecule has 0 saturated carbocycles. The summed E-state index contributed by atoms with van der Waals surface area (Å²) in [5.74, 6) is -2.05. The van der Waals surface area contributed by atoms with Crippen LogP contribution < -0.4 is 4.90 Å². The zero-order valence-corrected chi connectivity index (χ0v) is 18.0. The minimum absolute atomic E-state index is 0.131. The molecule has 0 saturated heterocycles. The highest BCUT2D eigenvalue weighted by atomic mass is 16.5. The van der Waals surface area contributed by atoms with E-state index in [1.807, 2.05) is 0 Å². The van der Waals surface area contributed by atoms with Gasteiger partial charge in [-0.1, -0.05) is 12.1 Å². The van der Waals surface area contributed by atoms with Crippen molar-refractivity contribution in [2.24, 2.45) is 0 Å². The van der Waals surface area contributed by atoms with Crippen molar-refractivity contribution in [3.8, 4) is 0 Å². The summed E-state index contributed by atoms with van der Waals surface area (Å²) in [5, 5.41) is 0. The van der Waals surface area contributed by atoms with E-state index in [1.165, 1.54) is 38.4 Å². The third-order valence-electron chi connectivity index (χ3n) is 4.98. The summed E-state index contributed by atoms with van der Waals surface area (Å²) >= 11 is 0. The molecule has 164 valence electrons. The number of allylic oxidation sites excluding steroid dienone is 1. The van der Waals surface area contributed by atoms with Crippen LogP contribution in [0, 0.1) is 0 Å². The maximum Gasteiger partial charge on any atom is 0.340 e. The summed E-state index contributed by atoms with van der Waals surface area (Å²) in [6, 6.07) is 12.7. The second-order valence-corrected chi connectivity index (χ2v) is 6.80. The number of rotatable bonds is 5. The Morgan fingerprint density at radius 2 is 1.22 bits per heavy atom. The molecule has 8 heteroatoms. The maximum absolute atomic E-state index is 13.3. The Bertz CT molecular complexity index is 1140. The van der Waals surface area contributed by atoms with Crippen molar-refractivity contribution < 1.29 is 33.4 Å². The van der Waals surface area contributed by atoms with Gasteiger partial charge in [-0.2, -0.15) is 0 Å². The topological polar surface area (TPSA) is 99.2 Å². The van der Waals surface area contributed by atoms with E-state index < -0.39 is 23.8 Å². The minimum atomic E-state index is -0.651. The van der Waals surface area contributed by atoms with E-state index in [2.05, 4.69) is 4.74 Å². The molecule has 2 aromatic carbocycles. The van der Waals surface area contributed by atoms with Gasteiger partial charge in [-0.15, -0.1) is 0 Å². The van der Waals surface area contributed by atoms with Crippen molar-refractivity contribution >= 4 is 35.6 Å². The Balaban J connectivity index is 2.03. The molecule has 0 fully saturated rings. The van der Waals surface area contributed by atoms with E-state index in [1.54, 1.807) is 49.4 Å². The van der Waals surface area contributed by atoms with E-state index in [-0.39, 0.29) is 11.1 Å². The summed E-state index contributed by atoms with van der Waals surface area (Å²) in [4.78, 5) is 50.5. The SMILES string of the molecule is COC(=O)C1=C(C)N(c2ccc(C(=O)OC)cc2)C(=O)/C1=C\c1ccc(C(=O)OC)cc1. The average molecular weight is 435 g/mol. The molecule has 0 aliphatic carbocycles. The number of anilines is 1. The molecule has 0 unspecified atom stereocenters. The maximum atomic E-state index is 13.3. The monoisotopic (exact) mass is 435 g/mol. The summed E-state index contributed by atoms with van der Waals surface area (Å²) in [6.07, 6.45) is 1.56. The largest absolute Gasteiger partial charge is 0.465 e.